The fourth-order valence-corrected chi connectivity index (χ4v) is 6.13. The van der Waals surface area contributed by atoms with Gasteiger partial charge in [-0.2, -0.15) is 0 Å². The summed E-state index contributed by atoms with van der Waals surface area (Å²) < 4.78 is 5.90. The van der Waals surface area contributed by atoms with Crippen molar-refractivity contribution in [3.63, 3.8) is 0 Å². The van der Waals surface area contributed by atoms with Crippen LogP contribution in [-0.4, -0.2) is 71.8 Å². The van der Waals surface area contributed by atoms with Crippen LogP contribution in [0, 0.1) is 19.3 Å². The molecule has 4 N–H and O–H groups in total. The summed E-state index contributed by atoms with van der Waals surface area (Å²) in [5.74, 6) is 0.0472. The van der Waals surface area contributed by atoms with E-state index in [1.807, 2.05) is 113 Å². The van der Waals surface area contributed by atoms with Gasteiger partial charge in [-0.05, 0) is 60.8 Å². The van der Waals surface area contributed by atoms with Gasteiger partial charge in [0.25, 0.3) is 5.91 Å². The Balaban J connectivity index is 1.54. The molecule has 3 aromatic rings. The number of para-hydroxylation sites is 1. The quantitative estimate of drug-likeness (QED) is 0.212. The number of carbonyl (C=O) groups excluding carboxylic acids is 3. The van der Waals surface area contributed by atoms with E-state index in [1.165, 1.54) is 0 Å². The first-order chi connectivity index (χ1) is 21.9. The normalized spacial score (nSPS) is 15.8. The van der Waals surface area contributed by atoms with Crippen LogP contribution in [0.3, 0.4) is 0 Å². The summed E-state index contributed by atoms with van der Waals surface area (Å²) in [6, 6.07) is 23.2. The molecule has 0 unspecified atom stereocenters. The molecule has 3 aromatic carbocycles. The highest BCUT2D eigenvalue weighted by Crippen LogP contribution is 2.27. The number of nitrogens with one attached hydrogen (secondary N) is 3. The van der Waals surface area contributed by atoms with Gasteiger partial charge in [-0.25, -0.2) is 4.79 Å². The average Bonchev–Trinajstić information content (AvgIpc) is 3.41. The van der Waals surface area contributed by atoms with Crippen LogP contribution < -0.4 is 20.7 Å². The lowest BCUT2D eigenvalue weighted by atomic mass is 9.84. The summed E-state index contributed by atoms with van der Waals surface area (Å²) in [5.41, 5.74) is 3.30. The Kier molecular flexibility index (Phi) is 11.8. The van der Waals surface area contributed by atoms with Gasteiger partial charge >= 0.3 is 6.03 Å². The molecule has 246 valence electrons. The Morgan fingerprint density at radius 2 is 1.48 bits per heavy atom. The summed E-state index contributed by atoms with van der Waals surface area (Å²) in [7, 11) is 0. The van der Waals surface area contributed by atoms with Crippen molar-refractivity contribution in [2.24, 2.45) is 5.41 Å². The molecule has 0 bridgehead atoms. The second-order valence-corrected chi connectivity index (χ2v) is 13.3. The molecule has 0 aromatic heterocycles. The van der Waals surface area contributed by atoms with Crippen molar-refractivity contribution in [3.05, 3.63) is 101 Å². The summed E-state index contributed by atoms with van der Waals surface area (Å²) in [6.07, 6.45) is 0.0384. The van der Waals surface area contributed by atoms with Crippen molar-refractivity contribution < 1.29 is 24.2 Å². The van der Waals surface area contributed by atoms with Crippen molar-refractivity contribution in [2.75, 3.05) is 19.7 Å². The van der Waals surface area contributed by atoms with Gasteiger partial charge in [0.2, 0.25) is 5.91 Å². The Hall–Kier alpha value is -4.37. The summed E-state index contributed by atoms with van der Waals surface area (Å²) in [4.78, 5) is 41.3. The number of carbonyl (C=O) groups is 3. The molecule has 46 heavy (non-hydrogen) atoms. The number of hydrogen-bond donors (Lipinski definition) is 4. The zero-order valence-electron chi connectivity index (χ0n) is 27.6. The molecule has 1 aliphatic rings. The highest BCUT2D eigenvalue weighted by atomic mass is 16.5. The first-order valence-corrected chi connectivity index (χ1v) is 16.0. The Morgan fingerprint density at radius 3 is 2.02 bits per heavy atom. The molecule has 1 aliphatic heterocycles. The third-order valence-electron chi connectivity index (χ3n) is 8.33. The maximum absolute atomic E-state index is 13.9. The molecule has 0 radical (unpaired) electrons. The van der Waals surface area contributed by atoms with Crippen LogP contribution in [0.15, 0.2) is 78.9 Å². The zero-order chi connectivity index (χ0) is 33.3. The van der Waals surface area contributed by atoms with Crippen molar-refractivity contribution in [2.45, 2.75) is 78.1 Å². The first-order valence-electron chi connectivity index (χ1n) is 16.0. The number of amides is 4. The predicted molar refractivity (Wildman–Crippen MR) is 180 cm³/mol. The highest BCUT2D eigenvalue weighted by molar-refractivity contribution is 5.88. The molecule has 1 saturated heterocycles. The molecular formula is C37H48N4O5. The fraction of sp³-hybridized carbons (Fsp3) is 0.432. The zero-order valence-corrected chi connectivity index (χ0v) is 27.6. The third-order valence-corrected chi connectivity index (χ3v) is 8.33. The topological polar surface area (TPSA) is 120 Å². The van der Waals surface area contributed by atoms with Crippen molar-refractivity contribution >= 4 is 17.8 Å². The van der Waals surface area contributed by atoms with E-state index in [9.17, 15) is 19.5 Å². The SMILES string of the molecule is Cc1cccc(C)c1OCC(=O)N[C@@H](Cc1ccccc1)[C@@H](O)C[C@H](Cc1ccccc1)NC(=O)[C@@H](N1CCNC1=O)C(C)(C)C. The lowest BCUT2D eigenvalue weighted by Gasteiger charge is -2.37. The van der Waals surface area contributed by atoms with Gasteiger partial charge in [-0.1, -0.05) is 99.6 Å². The van der Waals surface area contributed by atoms with Gasteiger partial charge < -0.3 is 30.7 Å². The second-order valence-electron chi connectivity index (χ2n) is 13.3. The minimum atomic E-state index is -0.999. The molecule has 0 saturated carbocycles. The number of hydrogen-bond acceptors (Lipinski definition) is 5. The van der Waals surface area contributed by atoms with E-state index in [2.05, 4.69) is 16.0 Å². The Morgan fingerprint density at radius 1 is 0.891 bits per heavy atom. The molecule has 1 fully saturated rings. The first kappa shape index (κ1) is 34.5. The van der Waals surface area contributed by atoms with Crippen LogP contribution >= 0.6 is 0 Å². The van der Waals surface area contributed by atoms with E-state index >= 15 is 0 Å². The number of rotatable bonds is 14. The molecular weight excluding hydrogens is 580 g/mol. The second kappa shape index (κ2) is 15.8. The average molecular weight is 629 g/mol. The van der Waals surface area contributed by atoms with Crippen LogP contribution in [0.2, 0.25) is 0 Å². The monoisotopic (exact) mass is 628 g/mol. The molecule has 0 spiro atoms. The van der Waals surface area contributed by atoms with E-state index in [-0.39, 0.29) is 30.9 Å². The van der Waals surface area contributed by atoms with Gasteiger partial charge in [0.1, 0.15) is 11.8 Å². The van der Waals surface area contributed by atoms with Gasteiger partial charge in [0, 0.05) is 19.1 Å². The predicted octanol–water partition coefficient (Wildman–Crippen LogP) is 4.33. The fourth-order valence-electron chi connectivity index (χ4n) is 6.13. The highest BCUT2D eigenvalue weighted by Gasteiger charge is 2.41. The van der Waals surface area contributed by atoms with Crippen LogP contribution in [0.4, 0.5) is 4.79 Å². The molecule has 0 aliphatic carbocycles. The molecule has 4 atom stereocenters. The van der Waals surface area contributed by atoms with Crippen molar-refractivity contribution in [1.82, 2.24) is 20.9 Å². The van der Waals surface area contributed by atoms with E-state index in [1.54, 1.807) is 4.90 Å². The summed E-state index contributed by atoms with van der Waals surface area (Å²) in [6.45, 7) is 10.4. The summed E-state index contributed by atoms with van der Waals surface area (Å²) >= 11 is 0. The van der Waals surface area contributed by atoms with Crippen LogP contribution in [0.1, 0.15) is 49.4 Å². The summed E-state index contributed by atoms with van der Waals surface area (Å²) in [5, 5.41) is 20.7. The number of nitrogens with zero attached hydrogens (tertiary/aromatic N) is 1. The van der Waals surface area contributed by atoms with Gasteiger partial charge in [-0.3, -0.25) is 9.59 Å². The van der Waals surface area contributed by atoms with Crippen LogP contribution in [-0.2, 0) is 22.4 Å². The van der Waals surface area contributed by atoms with Gasteiger partial charge in [0.15, 0.2) is 6.61 Å². The lowest BCUT2D eigenvalue weighted by Crippen LogP contribution is -2.57. The molecule has 9 heteroatoms. The number of aliphatic hydroxyl groups excluding tert-OH is 1. The molecule has 4 rings (SSSR count). The van der Waals surface area contributed by atoms with Gasteiger partial charge in [-0.15, -0.1) is 0 Å². The van der Waals surface area contributed by atoms with E-state index in [0.717, 1.165) is 22.3 Å². The van der Waals surface area contributed by atoms with Gasteiger partial charge in [0.05, 0.1) is 12.1 Å². The number of benzene rings is 3. The number of aryl methyl sites for hydroxylation is 2. The maximum atomic E-state index is 13.9. The number of aliphatic hydroxyl groups is 1. The molecule has 1 heterocycles. The number of ether oxygens (including phenoxy) is 1. The third kappa shape index (κ3) is 9.57. The smallest absolute Gasteiger partial charge is 0.318 e. The van der Waals surface area contributed by atoms with E-state index in [0.29, 0.717) is 31.7 Å². The largest absolute Gasteiger partial charge is 0.483 e. The standard InChI is InChI=1S/C37H48N4O5/c1-25-13-12-14-26(2)33(25)46-24-32(43)40-30(22-28-17-10-7-11-18-28)31(42)23-29(21-27-15-8-6-9-16-27)39-35(44)34(37(3,4)5)41-20-19-38-36(41)45/h6-18,29-31,34,42H,19-24H2,1-5H3,(H,38,45)(H,39,44)(H,40,43)/t29-,30-,31-,34+/m0/s1. The lowest BCUT2D eigenvalue weighted by molar-refractivity contribution is -0.130. The van der Waals surface area contributed by atoms with Crippen LogP contribution in [0.5, 0.6) is 5.75 Å². The van der Waals surface area contributed by atoms with E-state index in [4.69, 9.17) is 4.74 Å². The van der Waals surface area contributed by atoms with Crippen LogP contribution in [0.25, 0.3) is 0 Å². The minimum absolute atomic E-state index is 0.180. The minimum Gasteiger partial charge on any atom is -0.483 e. The molecule has 9 nitrogen and oxygen atoms in total. The number of urea groups is 1. The Labute approximate surface area is 272 Å². The van der Waals surface area contributed by atoms with Crippen molar-refractivity contribution in [3.8, 4) is 5.75 Å². The Bertz CT molecular complexity index is 1440. The molecule has 4 amide bonds. The maximum Gasteiger partial charge on any atom is 0.318 e. The van der Waals surface area contributed by atoms with E-state index < -0.39 is 29.6 Å². The van der Waals surface area contributed by atoms with Crippen molar-refractivity contribution in [1.29, 1.82) is 0 Å².